The van der Waals surface area contributed by atoms with Crippen molar-refractivity contribution in [2.24, 2.45) is 5.41 Å². The summed E-state index contributed by atoms with van der Waals surface area (Å²) in [5, 5.41) is 9.64. The first-order valence-corrected chi connectivity index (χ1v) is 6.88. The predicted molar refractivity (Wildman–Crippen MR) is 70.9 cm³/mol. The molecule has 2 rings (SSSR count). The largest absolute Gasteiger partial charge is 0.205 e. The maximum atomic E-state index is 13.1. The quantitative estimate of drug-likeness (QED) is 0.699. The van der Waals surface area contributed by atoms with Gasteiger partial charge in [-0.1, -0.05) is 43.4 Å². The van der Waals surface area contributed by atoms with Crippen LogP contribution in [0.25, 0.3) is 0 Å². The van der Waals surface area contributed by atoms with Gasteiger partial charge < -0.3 is 0 Å². The van der Waals surface area contributed by atoms with E-state index in [0.717, 1.165) is 31.2 Å². The minimum atomic E-state index is -0.396. The summed E-state index contributed by atoms with van der Waals surface area (Å²) in [6, 6.07) is 7.29. The molecule has 0 heterocycles. The minimum Gasteiger partial charge on any atom is -0.205 e. The Labute approximate surface area is 113 Å². The van der Waals surface area contributed by atoms with Crippen LogP contribution >= 0.6 is 11.6 Å². The van der Waals surface area contributed by atoms with E-state index in [1.807, 2.05) is 0 Å². The molecule has 3 heteroatoms. The lowest BCUT2D eigenvalue weighted by atomic mass is 9.77. The molecule has 1 aromatic carbocycles. The van der Waals surface area contributed by atoms with Crippen LogP contribution in [0, 0.1) is 22.6 Å². The lowest BCUT2D eigenvalue weighted by molar-refractivity contribution is 0.339. The average Bonchev–Trinajstić information content (AvgIpc) is 2.60. The summed E-state index contributed by atoms with van der Waals surface area (Å²) in [5.41, 5.74) is 0.683. The highest BCUT2D eigenvalue weighted by Crippen LogP contribution is 2.37. The van der Waals surface area contributed by atoms with Crippen molar-refractivity contribution in [2.45, 2.75) is 44.9 Å². The van der Waals surface area contributed by atoms with E-state index in [-0.39, 0.29) is 10.4 Å². The number of benzene rings is 1. The van der Waals surface area contributed by atoms with E-state index in [1.54, 1.807) is 12.1 Å². The van der Waals surface area contributed by atoms with Gasteiger partial charge in [-0.05, 0) is 37.0 Å². The lowest BCUT2D eigenvalue weighted by Crippen LogP contribution is -2.20. The fourth-order valence-corrected chi connectivity index (χ4v) is 2.98. The molecule has 1 fully saturated rings. The van der Waals surface area contributed by atoms with Crippen molar-refractivity contribution in [3.05, 3.63) is 34.6 Å². The lowest BCUT2D eigenvalue weighted by Gasteiger charge is -2.24. The van der Waals surface area contributed by atoms with Gasteiger partial charge in [0, 0.05) is 0 Å². The molecule has 0 saturated heterocycles. The molecule has 1 aliphatic carbocycles. The monoisotopic (exact) mass is 265 g/mol. The van der Waals surface area contributed by atoms with Crippen molar-refractivity contribution < 1.29 is 4.39 Å². The molecule has 0 spiro atoms. The SMILES string of the molecule is N#CC1(Cc2ccc(F)c(Cl)c2)CCCCCC1. The highest BCUT2D eigenvalue weighted by Gasteiger charge is 2.31. The second-order valence-electron chi connectivity index (χ2n) is 5.23. The van der Waals surface area contributed by atoms with E-state index in [1.165, 1.54) is 18.9 Å². The fraction of sp³-hybridized carbons (Fsp3) is 0.533. The van der Waals surface area contributed by atoms with E-state index in [9.17, 15) is 9.65 Å². The molecule has 0 bridgehead atoms. The molecule has 0 unspecified atom stereocenters. The number of nitrogens with zero attached hydrogens (tertiary/aromatic N) is 1. The second-order valence-corrected chi connectivity index (χ2v) is 5.64. The first kappa shape index (κ1) is 13.4. The Hall–Kier alpha value is -1.07. The van der Waals surface area contributed by atoms with Crippen LogP contribution in [0.3, 0.4) is 0 Å². The third kappa shape index (κ3) is 3.03. The fourth-order valence-electron chi connectivity index (χ4n) is 2.77. The maximum Gasteiger partial charge on any atom is 0.141 e. The van der Waals surface area contributed by atoms with Crippen LogP contribution in [-0.2, 0) is 6.42 Å². The van der Waals surface area contributed by atoms with Crippen molar-refractivity contribution in [1.29, 1.82) is 5.26 Å². The zero-order valence-electron chi connectivity index (χ0n) is 10.4. The van der Waals surface area contributed by atoms with Gasteiger partial charge in [-0.2, -0.15) is 5.26 Å². The summed E-state index contributed by atoms with van der Waals surface area (Å²) in [4.78, 5) is 0. The van der Waals surface area contributed by atoms with Crippen LogP contribution in [0.2, 0.25) is 5.02 Å². The standard InChI is InChI=1S/C15H17ClFN/c16-13-9-12(5-6-14(13)17)10-15(11-18)7-3-1-2-4-8-15/h5-6,9H,1-4,7-8,10H2. The number of hydrogen-bond donors (Lipinski definition) is 0. The van der Waals surface area contributed by atoms with Gasteiger partial charge >= 0.3 is 0 Å². The van der Waals surface area contributed by atoms with Crippen molar-refractivity contribution in [2.75, 3.05) is 0 Å². The van der Waals surface area contributed by atoms with Gasteiger partial charge in [-0.25, -0.2) is 4.39 Å². The summed E-state index contributed by atoms with van der Waals surface area (Å²) in [6.45, 7) is 0. The van der Waals surface area contributed by atoms with Gasteiger partial charge in [-0.3, -0.25) is 0 Å². The third-order valence-corrected chi connectivity index (χ3v) is 4.11. The first-order chi connectivity index (χ1) is 8.65. The maximum absolute atomic E-state index is 13.1. The van der Waals surface area contributed by atoms with Crippen LogP contribution in [0.15, 0.2) is 18.2 Å². The normalized spacial score (nSPS) is 18.9. The Morgan fingerprint density at radius 3 is 2.44 bits per heavy atom. The van der Waals surface area contributed by atoms with Crippen molar-refractivity contribution in [3.63, 3.8) is 0 Å². The molecule has 0 aliphatic heterocycles. The molecule has 0 radical (unpaired) electrons. The van der Waals surface area contributed by atoms with Crippen LogP contribution in [0.1, 0.15) is 44.1 Å². The molecule has 18 heavy (non-hydrogen) atoms. The zero-order chi connectivity index (χ0) is 13.0. The second kappa shape index (κ2) is 5.71. The molecule has 1 saturated carbocycles. The number of halogens is 2. The van der Waals surface area contributed by atoms with Gasteiger partial charge in [-0.15, -0.1) is 0 Å². The molecule has 0 N–H and O–H groups in total. The summed E-state index contributed by atoms with van der Waals surface area (Å²) in [6.07, 6.45) is 7.23. The van der Waals surface area contributed by atoms with E-state index in [2.05, 4.69) is 6.07 Å². The summed E-state index contributed by atoms with van der Waals surface area (Å²) >= 11 is 5.79. The summed E-state index contributed by atoms with van der Waals surface area (Å²) in [7, 11) is 0. The number of hydrogen-bond acceptors (Lipinski definition) is 1. The molecule has 96 valence electrons. The number of rotatable bonds is 2. The molecular formula is C15H17ClFN. The van der Waals surface area contributed by atoms with Gasteiger partial charge in [0.2, 0.25) is 0 Å². The molecule has 1 aromatic rings. The van der Waals surface area contributed by atoms with E-state index in [4.69, 9.17) is 11.6 Å². The van der Waals surface area contributed by atoms with Gasteiger partial charge in [0.05, 0.1) is 16.5 Å². The smallest absolute Gasteiger partial charge is 0.141 e. The van der Waals surface area contributed by atoms with Crippen LogP contribution in [0.5, 0.6) is 0 Å². The topological polar surface area (TPSA) is 23.8 Å². The molecule has 0 aromatic heterocycles. The Morgan fingerprint density at radius 1 is 1.22 bits per heavy atom. The summed E-state index contributed by atoms with van der Waals surface area (Å²) < 4.78 is 13.1. The van der Waals surface area contributed by atoms with Crippen LogP contribution in [-0.4, -0.2) is 0 Å². The van der Waals surface area contributed by atoms with Crippen molar-refractivity contribution in [1.82, 2.24) is 0 Å². The van der Waals surface area contributed by atoms with E-state index < -0.39 is 5.82 Å². The molecule has 1 aliphatic rings. The van der Waals surface area contributed by atoms with Gasteiger partial charge in [0.1, 0.15) is 5.82 Å². The van der Waals surface area contributed by atoms with Gasteiger partial charge in [0.25, 0.3) is 0 Å². The molecule has 0 amide bonds. The average molecular weight is 266 g/mol. The predicted octanol–water partition coefficient (Wildman–Crippen LogP) is 4.89. The minimum absolute atomic E-state index is 0.147. The van der Waals surface area contributed by atoms with Gasteiger partial charge in [0.15, 0.2) is 0 Å². The molecule has 1 nitrogen and oxygen atoms in total. The summed E-state index contributed by atoms with van der Waals surface area (Å²) in [5.74, 6) is -0.396. The van der Waals surface area contributed by atoms with E-state index in [0.29, 0.717) is 6.42 Å². The molecule has 0 atom stereocenters. The Morgan fingerprint density at radius 2 is 1.89 bits per heavy atom. The van der Waals surface area contributed by atoms with Crippen LogP contribution < -0.4 is 0 Å². The number of nitriles is 1. The van der Waals surface area contributed by atoms with Crippen molar-refractivity contribution >= 4 is 11.6 Å². The Balaban J connectivity index is 2.18. The Bertz CT molecular complexity index is 456. The Kier molecular flexibility index (Phi) is 4.24. The highest BCUT2D eigenvalue weighted by molar-refractivity contribution is 6.30. The first-order valence-electron chi connectivity index (χ1n) is 6.50. The third-order valence-electron chi connectivity index (χ3n) is 3.82. The zero-order valence-corrected chi connectivity index (χ0v) is 11.1. The van der Waals surface area contributed by atoms with Crippen molar-refractivity contribution in [3.8, 4) is 6.07 Å². The van der Waals surface area contributed by atoms with E-state index >= 15 is 0 Å². The highest BCUT2D eigenvalue weighted by atomic mass is 35.5. The van der Waals surface area contributed by atoms with Crippen LogP contribution in [0.4, 0.5) is 4.39 Å². The molecular weight excluding hydrogens is 249 g/mol.